The molecule has 0 saturated heterocycles. The molecule has 7 heteroatoms. The molecular formula is C21H27ClN4O2. The number of hydrogen-bond acceptors (Lipinski definition) is 3. The van der Waals surface area contributed by atoms with Gasteiger partial charge < -0.3 is 21.7 Å². The summed E-state index contributed by atoms with van der Waals surface area (Å²) in [5, 5.41) is 9.02. The fourth-order valence-corrected chi connectivity index (χ4v) is 2.75. The van der Waals surface area contributed by atoms with E-state index in [-0.39, 0.29) is 5.91 Å². The van der Waals surface area contributed by atoms with E-state index in [1.54, 1.807) is 12.1 Å². The van der Waals surface area contributed by atoms with Crippen LogP contribution in [0.4, 0.5) is 10.5 Å². The number of carbonyl (C=O) groups is 2. The van der Waals surface area contributed by atoms with E-state index in [4.69, 9.17) is 17.3 Å². The van der Waals surface area contributed by atoms with Crippen molar-refractivity contribution in [2.75, 3.05) is 11.9 Å². The van der Waals surface area contributed by atoms with Crippen molar-refractivity contribution in [3.8, 4) is 0 Å². The second kappa shape index (κ2) is 11.3. The van der Waals surface area contributed by atoms with E-state index >= 15 is 0 Å². The van der Waals surface area contributed by atoms with Gasteiger partial charge >= 0.3 is 6.03 Å². The number of nitrogens with two attached hydrogens (primary N) is 1. The molecule has 0 unspecified atom stereocenters. The Bertz CT molecular complexity index is 763. The van der Waals surface area contributed by atoms with Crippen molar-refractivity contribution in [2.24, 2.45) is 5.73 Å². The largest absolute Gasteiger partial charge is 0.334 e. The monoisotopic (exact) mass is 402 g/mol. The molecule has 0 spiro atoms. The van der Waals surface area contributed by atoms with Gasteiger partial charge in [-0.3, -0.25) is 4.79 Å². The van der Waals surface area contributed by atoms with Crippen LogP contribution in [-0.4, -0.2) is 24.5 Å². The highest BCUT2D eigenvalue weighted by Gasteiger charge is 2.20. The van der Waals surface area contributed by atoms with Gasteiger partial charge in [-0.1, -0.05) is 41.4 Å². The zero-order chi connectivity index (χ0) is 20.4. The van der Waals surface area contributed by atoms with Crippen molar-refractivity contribution in [2.45, 2.75) is 38.8 Å². The van der Waals surface area contributed by atoms with E-state index in [2.05, 4.69) is 16.0 Å². The number of aryl methyl sites for hydroxylation is 1. The Balaban J connectivity index is 1.92. The molecule has 28 heavy (non-hydrogen) atoms. The molecule has 6 nitrogen and oxygen atoms in total. The van der Waals surface area contributed by atoms with E-state index in [1.165, 1.54) is 0 Å². The van der Waals surface area contributed by atoms with Crippen molar-refractivity contribution in [3.63, 3.8) is 0 Å². The van der Waals surface area contributed by atoms with Crippen LogP contribution >= 0.6 is 11.6 Å². The summed E-state index contributed by atoms with van der Waals surface area (Å²) in [6.45, 7) is 2.88. The minimum Gasteiger partial charge on any atom is -0.334 e. The summed E-state index contributed by atoms with van der Waals surface area (Å²) in [5.41, 5.74) is 8.27. The van der Waals surface area contributed by atoms with Gasteiger partial charge in [0, 0.05) is 17.3 Å². The second-order valence-electron chi connectivity index (χ2n) is 6.65. The average molecular weight is 403 g/mol. The maximum atomic E-state index is 12.6. The molecule has 0 saturated carbocycles. The maximum absolute atomic E-state index is 12.6. The number of rotatable bonds is 9. The standard InChI is InChI=1S/C21H27ClN4O2/c1-15-5-11-18(12-6-15)25-20(27)19(4-2-3-13-23)26-21(28)24-14-16-7-9-17(22)10-8-16/h5-12,19H,2-4,13-14,23H2,1H3,(H,25,27)(H2,24,26,28)/t19-/m0/s1. The first-order valence-electron chi connectivity index (χ1n) is 9.34. The van der Waals surface area contributed by atoms with E-state index in [9.17, 15) is 9.59 Å². The van der Waals surface area contributed by atoms with Crippen LogP contribution in [0, 0.1) is 6.92 Å². The van der Waals surface area contributed by atoms with Crippen molar-refractivity contribution in [1.29, 1.82) is 0 Å². The molecule has 0 aromatic heterocycles. The van der Waals surface area contributed by atoms with Crippen LogP contribution in [0.2, 0.25) is 5.02 Å². The number of carbonyl (C=O) groups excluding carboxylic acids is 2. The molecule has 2 rings (SSSR count). The van der Waals surface area contributed by atoms with Gasteiger partial charge in [0.2, 0.25) is 5.91 Å². The first-order chi connectivity index (χ1) is 13.5. The van der Waals surface area contributed by atoms with E-state index in [0.717, 1.165) is 24.0 Å². The van der Waals surface area contributed by atoms with Gasteiger partial charge in [0.25, 0.3) is 0 Å². The molecule has 1 atom stereocenters. The van der Waals surface area contributed by atoms with Crippen LogP contribution in [0.25, 0.3) is 0 Å². The zero-order valence-electron chi connectivity index (χ0n) is 16.0. The highest BCUT2D eigenvalue weighted by molar-refractivity contribution is 6.30. The molecular weight excluding hydrogens is 376 g/mol. The minimum absolute atomic E-state index is 0.248. The predicted octanol–water partition coefficient (Wildman–Crippen LogP) is 3.58. The smallest absolute Gasteiger partial charge is 0.315 e. The molecule has 2 aromatic rings. The summed E-state index contributed by atoms with van der Waals surface area (Å²) in [7, 11) is 0. The Kier molecular flexibility index (Phi) is 8.78. The van der Waals surface area contributed by atoms with Crippen molar-refractivity contribution in [1.82, 2.24) is 10.6 Å². The number of anilines is 1. The molecule has 0 aliphatic carbocycles. The molecule has 150 valence electrons. The Labute approximate surface area is 170 Å². The topological polar surface area (TPSA) is 96.2 Å². The fraction of sp³-hybridized carbons (Fsp3) is 0.333. The lowest BCUT2D eigenvalue weighted by Crippen LogP contribution is -2.47. The lowest BCUT2D eigenvalue weighted by atomic mass is 10.1. The summed E-state index contributed by atoms with van der Waals surface area (Å²) >= 11 is 5.86. The van der Waals surface area contributed by atoms with E-state index in [1.807, 2.05) is 43.3 Å². The highest BCUT2D eigenvalue weighted by atomic mass is 35.5. The van der Waals surface area contributed by atoms with E-state index < -0.39 is 12.1 Å². The summed E-state index contributed by atoms with van der Waals surface area (Å²) in [6, 6.07) is 13.7. The molecule has 0 bridgehead atoms. The van der Waals surface area contributed by atoms with Crippen molar-refractivity contribution < 1.29 is 9.59 Å². The predicted molar refractivity (Wildman–Crippen MR) is 113 cm³/mol. The van der Waals surface area contributed by atoms with Crippen LogP contribution in [0.3, 0.4) is 0 Å². The Hall–Kier alpha value is -2.57. The van der Waals surface area contributed by atoms with Crippen molar-refractivity contribution >= 4 is 29.2 Å². The first kappa shape index (κ1) is 21.7. The Morgan fingerprint density at radius 2 is 1.71 bits per heavy atom. The van der Waals surface area contributed by atoms with Gasteiger partial charge in [0.05, 0.1) is 0 Å². The van der Waals surface area contributed by atoms with Gasteiger partial charge in [-0.05, 0) is 62.6 Å². The number of unbranched alkanes of at least 4 members (excludes halogenated alkanes) is 1. The highest BCUT2D eigenvalue weighted by Crippen LogP contribution is 2.11. The maximum Gasteiger partial charge on any atom is 0.315 e. The summed E-state index contributed by atoms with van der Waals surface area (Å²) < 4.78 is 0. The Morgan fingerprint density at radius 1 is 1.04 bits per heavy atom. The zero-order valence-corrected chi connectivity index (χ0v) is 16.8. The van der Waals surface area contributed by atoms with E-state index in [0.29, 0.717) is 30.2 Å². The molecule has 0 radical (unpaired) electrons. The second-order valence-corrected chi connectivity index (χ2v) is 7.08. The number of benzene rings is 2. The molecule has 2 aromatic carbocycles. The lowest BCUT2D eigenvalue weighted by Gasteiger charge is -2.19. The van der Waals surface area contributed by atoms with Gasteiger partial charge in [-0.15, -0.1) is 0 Å². The SMILES string of the molecule is Cc1ccc(NC(=O)[C@H](CCCCN)NC(=O)NCc2ccc(Cl)cc2)cc1. The molecule has 5 N–H and O–H groups in total. The fourth-order valence-electron chi connectivity index (χ4n) is 2.62. The number of halogens is 1. The minimum atomic E-state index is -0.641. The molecule has 3 amide bonds. The van der Waals surface area contributed by atoms with Gasteiger partial charge in [-0.2, -0.15) is 0 Å². The number of nitrogens with one attached hydrogen (secondary N) is 3. The Morgan fingerprint density at radius 3 is 2.36 bits per heavy atom. The average Bonchev–Trinajstić information content (AvgIpc) is 2.68. The summed E-state index contributed by atoms with van der Waals surface area (Å²) in [5.74, 6) is -0.248. The number of urea groups is 1. The third-order valence-electron chi connectivity index (χ3n) is 4.25. The van der Waals surface area contributed by atoms with Crippen LogP contribution in [0.15, 0.2) is 48.5 Å². The summed E-state index contributed by atoms with van der Waals surface area (Å²) in [4.78, 5) is 24.9. The summed E-state index contributed by atoms with van der Waals surface area (Å²) in [6.07, 6.45) is 2.06. The molecule has 0 heterocycles. The normalized spacial score (nSPS) is 11.5. The molecule has 0 aliphatic heterocycles. The van der Waals surface area contributed by atoms with Crippen LogP contribution < -0.4 is 21.7 Å². The quantitative estimate of drug-likeness (QED) is 0.482. The first-order valence-corrected chi connectivity index (χ1v) is 9.72. The lowest BCUT2D eigenvalue weighted by molar-refractivity contribution is -0.118. The molecule has 0 fully saturated rings. The van der Waals surface area contributed by atoms with Gasteiger partial charge in [-0.25, -0.2) is 4.79 Å². The molecule has 0 aliphatic rings. The van der Waals surface area contributed by atoms with Crippen LogP contribution in [0.5, 0.6) is 0 Å². The third-order valence-corrected chi connectivity index (χ3v) is 4.51. The van der Waals surface area contributed by atoms with Crippen LogP contribution in [0.1, 0.15) is 30.4 Å². The van der Waals surface area contributed by atoms with Gasteiger partial charge in [0.15, 0.2) is 0 Å². The number of hydrogen-bond donors (Lipinski definition) is 4. The van der Waals surface area contributed by atoms with Gasteiger partial charge in [0.1, 0.15) is 6.04 Å². The van der Waals surface area contributed by atoms with Crippen LogP contribution in [-0.2, 0) is 11.3 Å². The number of amides is 3. The van der Waals surface area contributed by atoms with Crippen molar-refractivity contribution in [3.05, 3.63) is 64.7 Å². The third kappa shape index (κ3) is 7.58.